The van der Waals surface area contributed by atoms with Crippen LogP contribution in [0.25, 0.3) is 0 Å². The summed E-state index contributed by atoms with van der Waals surface area (Å²) in [5, 5.41) is 20.8. The molecular formula is C26H37B6ClN4O6. The Kier molecular flexibility index (Phi) is 29.5. The Morgan fingerprint density at radius 1 is 0.884 bits per heavy atom. The van der Waals surface area contributed by atoms with Crippen molar-refractivity contribution in [2.24, 2.45) is 5.73 Å². The van der Waals surface area contributed by atoms with E-state index in [0.717, 1.165) is 24.7 Å². The molecule has 2 N–H and O–H groups in total. The molecule has 2 aromatic rings. The minimum absolute atomic E-state index is 0. The molecule has 1 saturated heterocycles. The average molecular weight is 602 g/mol. The van der Waals surface area contributed by atoms with Gasteiger partial charge in [0.2, 0.25) is 0 Å². The smallest absolute Gasteiger partial charge is 0.269 e. The van der Waals surface area contributed by atoms with Gasteiger partial charge in [0.1, 0.15) is 5.78 Å². The summed E-state index contributed by atoms with van der Waals surface area (Å²) >= 11 is 0. The third-order valence-corrected chi connectivity index (χ3v) is 6.21. The van der Waals surface area contributed by atoms with E-state index in [9.17, 15) is 25.0 Å². The lowest BCUT2D eigenvalue weighted by Crippen LogP contribution is -2.32. The Balaban J connectivity index is -0.000000549. The van der Waals surface area contributed by atoms with Gasteiger partial charge in [0.25, 0.3) is 11.4 Å². The molecule has 2 aliphatic rings. The maximum Gasteiger partial charge on any atom is 0.269 e. The van der Waals surface area contributed by atoms with Crippen LogP contribution in [0.5, 0.6) is 0 Å². The second-order valence-corrected chi connectivity index (χ2v) is 9.10. The van der Waals surface area contributed by atoms with Gasteiger partial charge in [0, 0.05) is 103 Å². The number of nitrogens with zero attached hydrogens (tertiary/aromatic N) is 3. The first-order valence-corrected chi connectivity index (χ1v) is 13.3. The van der Waals surface area contributed by atoms with Crippen LogP contribution < -0.4 is 5.73 Å². The van der Waals surface area contributed by atoms with Crippen LogP contribution in [0, 0.1) is 20.2 Å². The second kappa shape index (κ2) is 28.3. The van der Waals surface area contributed by atoms with Crippen LogP contribution in [0.15, 0.2) is 48.5 Å². The number of ether oxygens (including phenoxy) is 1. The van der Waals surface area contributed by atoms with Gasteiger partial charge in [0.05, 0.1) is 23.1 Å². The number of nitro groups is 2. The highest BCUT2D eigenvalue weighted by atomic mass is 35.5. The number of carbonyl (C=O) groups excluding carboxylic acids is 1. The largest absolute Gasteiger partial charge is 0.381 e. The quantitative estimate of drug-likeness (QED) is 0.303. The number of carbonyl (C=O) groups is 1. The minimum atomic E-state index is -0.430. The zero-order chi connectivity index (χ0) is 31.0. The first-order valence-electron chi connectivity index (χ1n) is 13.3. The standard InChI is InChI=1S/C14H20N2O2.C7H8N2O2.C5H8O2.B3.B2.B.ClH/c1-15(13-5-3-2-4-6-13)11-12-7-9-14(10-8-12)16(17)18;8-5-6-1-3-7(4-2-6)9(10)11;6-5-1-3-7-4-2-5;1-3-2;1-2;;/h7-10,13H,2-6,11H2,1H3;1-4H,5,8H2;1-4H2;;;;1H. The number of ketones is 1. The summed E-state index contributed by atoms with van der Waals surface area (Å²) < 4.78 is 4.92. The highest BCUT2D eigenvalue weighted by molar-refractivity contribution is 7.17. The molecule has 0 atom stereocenters. The first-order chi connectivity index (χ1) is 19.7. The molecule has 12 radical (unpaired) electrons. The van der Waals surface area contributed by atoms with Gasteiger partial charge in [-0.25, -0.2) is 0 Å². The van der Waals surface area contributed by atoms with Gasteiger partial charge in [-0.2, -0.15) is 0 Å². The Labute approximate surface area is 269 Å². The number of halogens is 1. The number of non-ortho nitro benzene ring substituents is 2. The van der Waals surface area contributed by atoms with Crippen LogP contribution in [0.1, 0.15) is 56.1 Å². The molecule has 222 valence electrons. The van der Waals surface area contributed by atoms with E-state index in [-0.39, 0.29) is 37.1 Å². The number of benzene rings is 2. The Bertz CT molecular complexity index is 999. The van der Waals surface area contributed by atoms with Crippen LogP contribution in [-0.4, -0.2) is 93.3 Å². The van der Waals surface area contributed by atoms with Gasteiger partial charge in [-0.3, -0.25) is 29.9 Å². The van der Waals surface area contributed by atoms with Crippen LogP contribution in [0.2, 0.25) is 0 Å². The summed E-state index contributed by atoms with van der Waals surface area (Å²) in [5.74, 6) is 0.339. The molecule has 4 rings (SSSR count). The Morgan fingerprint density at radius 3 is 1.60 bits per heavy atom. The van der Waals surface area contributed by atoms with Crippen LogP contribution in [0.4, 0.5) is 11.4 Å². The second-order valence-electron chi connectivity index (χ2n) is 9.10. The topological polar surface area (TPSA) is 142 Å². The van der Waals surface area contributed by atoms with Gasteiger partial charge < -0.3 is 10.5 Å². The van der Waals surface area contributed by atoms with E-state index < -0.39 is 4.92 Å². The Hall–Kier alpha value is -2.53. The van der Waals surface area contributed by atoms with Crippen molar-refractivity contribution in [2.75, 3.05) is 20.3 Å². The lowest BCUT2D eigenvalue weighted by atomic mass is 9.40. The van der Waals surface area contributed by atoms with E-state index in [0.29, 0.717) is 44.4 Å². The number of Topliss-reactive ketones (excluding diaryl/α,β-unsaturated/α-hetero) is 1. The van der Waals surface area contributed by atoms with Crippen molar-refractivity contribution in [3.63, 3.8) is 0 Å². The molecule has 0 bridgehead atoms. The molecule has 2 fully saturated rings. The van der Waals surface area contributed by atoms with Gasteiger partial charge in [-0.1, -0.05) is 43.5 Å². The van der Waals surface area contributed by atoms with Crippen LogP contribution >= 0.6 is 12.4 Å². The molecule has 1 aliphatic carbocycles. The van der Waals surface area contributed by atoms with Crippen LogP contribution in [-0.2, 0) is 22.6 Å². The fourth-order valence-corrected chi connectivity index (χ4v) is 4.01. The first kappa shape index (κ1) is 44.9. The lowest BCUT2D eigenvalue weighted by Gasteiger charge is -2.31. The van der Waals surface area contributed by atoms with Gasteiger partial charge >= 0.3 is 0 Å². The Morgan fingerprint density at radius 2 is 1.28 bits per heavy atom. The zero-order valence-corrected chi connectivity index (χ0v) is 25.5. The predicted molar refractivity (Wildman–Crippen MR) is 179 cm³/mol. The fraction of sp³-hybridized carbons (Fsp3) is 0.500. The monoisotopic (exact) mass is 602 g/mol. The van der Waals surface area contributed by atoms with Crippen LogP contribution in [0.3, 0.4) is 0 Å². The van der Waals surface area contributed by atoms with E-state index in [1.54, 1.807) is 24.3 Å². The van der Waals surface area contributed by atoms with E-state index in [1.807, 2.05) is 12.1 Å². The van der Waals surface area contributed by atoms with Crippen molar-refractivity contribution < 1.29 is 19.4 Å². The average Bonchev–Trinajstić information content (AvgIpc) is 3.00. The van der Waals surface area contributed by atoms with E-state index in [2.05, 4.69) is 42.9 Å². The number of hydrogen-bond acceptors (Lipinski definition) is 8. The summed E-state index contributed by atoms with van der Waals surface area (Å²) in [6.07, 6.45) is 7.83. The van der Waals surface area contributed by atoms with Crippen molar-refractivity contribution in [2.45, 2.75) is 64.1 Å². The normalized spacial score (nSPS) is 13.6. The molecule has 0 aromatic heterocycles. The molecular weight excluding hydrogens is 565 g/mol. The number of hydrogen-bond donors (Lipinski definition) is 1. The minimum Gasteiger partial charge on any atom is -0.381 e. The molecule has 0 unspecified atom stereocenters. The number of nitro benzene ring substituents is 2. The number of nitrogens with two attached hydrogens (primary N) is 1. The molecule has 0 spiro atoms. The summed E-state index contributed by atoms with van der Waals surface area (Å²) in [5.41, 5.74) is 7.62. The molecule has 1 heterocycles. The maximum absolute atomic E-state index is 10.6. The van der Waals surface area contributed by atoms with Crippen molar-refractivity contribution in [3.05, 3.63) is 79.9 Å². The summed E-state index contributed by atoms with van der Waals surface area (Å²) in [6.45, 7) is 2.57. The van der Waals surface area contributed by atoms with Crippen molar-refractivity contribution in [3.8, 4) is 0 Å². The third kappa shape index (κ3) is 20.9. The predicted octanol–water partition coefficient (Wildman–Crippen LogP) is 2.92. The van der Waals surface area contributed by atoms with E-state index in [1.165, 1.54) is 44.2 Å². The molecule has 17 heteroatoms. The van der Waals surface area contributed by atoms with Crippen molar-refractivity contribution in [1.29, 1.82) is 0 Å². The van der Waals surface area contributed by atoms with Gasteiger partial charge in [-0.05, 0) is 31.0 Å². The molecule has 2 aromatic carbocycles. The SMILES string of the molecule is CN(Cc1ccc([N+](=O)[O-])cc1)C1CCCCC1.Cl.NCc1ccc([N+](=O)[O-])cc1.O=C1CCOCC1.[B].[B][B].[B][B][B]. The van der Waals surface area contributed by atoms with Crippen molar-refractivity contribution in [1.82, 2.24) is 4.90 Å². The molecule has 1 aliphatic heterocycles. The molecule has 0 amide bonds. The van der Waals surface area contributed by atoms with Gasteiger partial charge in [0.15, 0.2) is 0 Å². The number of rotatable bonds is 6. The summed E-state index contributed by atoms with van der Waals surface area (Å²) in [6, 6.07) is 13.8. The molecule has 10 nitrogen and oxygen atoms in total. The summed E-state index contributed by atoms with van der Waals surface area (Å²) in [4.78, 5) is 32.7. The van der Waals surface area contributed by atoms with Gasteiger partial charge in [-0.15, -0.1) is 12.4 Å². The van der Waals surface area contributed by atoms with Crippen molar-refractivity contribution >= 4 is 76.0 Å². The highest BCUT2D eigenvalue weighted by Crippen LogP contribution is 2.23. The fourth-order valence-electron chi connectivity index (χ4n) is 4.01. The lowest BCUT2D eigenvalue weighted by molar-refractivity contribution is -0.385. The maximum atomic E-state index is 10.6. The van der Waals surface area contributed by atoms with E-state index >= 15 is 0 Å². The molecule has 1 saturated carbocycles. The van der Waals surface area contributed by atoms with E-state index in [4.69, 9.17) is 10.5 Å². The highest BCUT2D eigenvalue weighted by Gasteiger charge is 2.18. The summed E-state index contributed by atoms with van der Waals surface area (Å²) in [7, 11) is 20.2. The molecule has 43 heavy (non-hydrogen) atoms. The third-order valence-electron chi connectivity index (χ3n) is 6.21. The zero-order valence-electron chi connectivity index (χ0n) is 24.7.